The van der Waals surface area contributed by atoms with Gasteiger partial charge in [0.15, 0.2) is 0 Å². The van der Waals surface area contributed by atoms with Crippen LogP contribution in [0.4, 0.5) is 0 Å². The lowest BCUT2D eigenvalue weighted by molar-refractivity contribution is -0.146. The van der Waals surface area contributed by atoms with Crippen molar-refractivity contribution in [3.63, 3.8) is 0 Å². The molecule has 2 aliphatic rings. The minimum absolute atomic E-state index is 0.126. The molecule has 0 aromatic rings. The zero-order valence-electron chi connectivity index (χ0n) is 11.1. The second kappa shape index (κ2) is 6.01. The Morgan fingerprint density at radius 1 is 1.26 bits per heavy atom. The lowest BCUT2D eigenvalue weighted by Crippen LogP contribution is -2.49. The van der Waals surface area contributed by atoms with Gasteiger partial charge in [0, 0.05) is 33.2 Å². The van der Waals surface area contributed by atoms with Gasteiger partial charge in [0.1, 0.15) is 6.04 Å². The molecule has 2 aliphatic heterocycles. The van der Waals surface area contributed by atoms with Crippen molar-refractivity contribution in [1.29, 1.82) is 0 Å². The highest BCUT2D eigenvalue weighted by atomic mass is 16.2. The Balaban J connectivity index is 1.88. The third kappa shape index (κ3) is 3.23. The molecule has 2 N–H and O–H groups in total. The SMILES string of the molecule is CN1CCC(NC(=O)C(=O)N2CCCNCC2)C1=O. The highest BCUT2D eigenvalue weighted by Gasteiger charge is 2.33. The highest BCUT2D eigenvalue weighted by molar-refractivity contribution is 6.35. The van der Waals surface area contributed by atoms with Crippen molar-refractivity contribution in [3.8, 4) is 0 Å². The van der Waals surface area contributed by atoms with E-state index in [1.54, 1.807) is 16.8 Å². The largest absolute Gasteiger partial charge is 0.344 e. The van der Waals surface area contributed by atoms with Crippen LogP contribution in [0.1, 0.15) is 12.8 Å². The van der Waals surface area contributed by atoms with Gasteiger partial charge in [-0.05, 0) is 19.4 Å². The molecule has 2 saturated heterocycles. The predicted molar refractivity (Wildman–Crippen MR) is 68.3 cm³/mol. The van der Waals surface area contributed by atoms with Crippen LogP contribution in [0.3, 0.4) is 0 Å². The van der Waals surface area contributed by atoms with E-state index < -0.39 is 17.9 Å². The quantitative estimate of drug-likeness (QED) is 0.547. The molecule has 0 spiro atoms. The van der Waals surface area contributed by atoms with Gasteiger partial charge in [0.05, 0.1) is 0 Å². The molecule has 0 aromatic carbocycles. The average molecular weight is 268 g/mol. The van der Waals surface area contributed by atoms with Crippen LogP contribution in [0.5, 0.6) is 0 Å². The zero-order valence-corrected chi connectivity index (χ0v) is 11.1. The van der Waals surface area contributed by atoms with Gasteiger partial charge in [-0.1, -0.05) is 0 Å². The minimum atomic E-state index is -0.671. The Morgan fingerprint density at radius 3 is 2.74 bits per heavy atom. The number of carbonyl (C=O) groups excluding carboxylic acids is 3. The van der Waals surface area contributed by atoms with Gasteiger partial charge in [0.2, 0.25) is 5.91 Å². The maximum atomic E-state index is 12.0. The predicted octanol–water partition coefficient (Wildman–Crippen LogP) is -1.84. The van der Waals surface area contributed by atoms with Gasteiger partial charge in [-0.3, -0.25) is 14.4 Å². The van der Waals surface area contributed by atoms with Gasteiger partial charge < -0.3 is 20.4 Å². The Kier molecular flexibility index (Phi) is 4.36. The summed E-state index contributed by atoms with van der Waals surface area (Å²) >= 11 is 0. The smallest absolute Gasteiger partial charge is 0.311 e. The van der Waals surface area contributed by atoms with E-state index in [2.05, 4.69) is 10.6 Å². The van der Waals surface area contributed by atoms with Gasteiger partial charge >= 0.3 is 11.8 Å². The lowest BCUT2D eigenvalue weighted by Gasteiger charge is -2.20. The van der Waals surface area contributed by atoms with Crippen molar-refractivity contribution in [2.75, 3.05) is 39.8 Å². The summed E-state index contributed by atoms with van der Waals surface area (Å²) in [4.78, 5) is 38.6. The zero-order chi connectivity index (χ0) is 13.8. The standard InChI is InChI=1S/C12H20N4O3/c1-15-7-3-9(11(15)18)14-10(17)12(19)16-6-2-4-13-5-8-16/h9,13H,2-8H2,1H3,(H,14,17). The van der Waals surface area contributed by atoms with Gasteiger partial charge in [-0.15, -0.1) is 0 Å². The van der Waals surface area contributed by atoms with E-state index in [1.165, 1.54) is 0 Å². The number of rotatable bonds is 1. The molecule has 2 heterocycles. The van der Waals surface area contributed by atoms with Crippen molar-refractivity contribution in [2.45, 2.75) is 18.9 Å². The van der Waals surface area contributed by atoms with E-state index >= 15 is 0 Å². The van der Waals surface area contributed by atoms with Crippen LogP contribution in [-0.2, 0) is 14.4 Å². The molecular weight excluding hydrogens is 248 g/mol. The first-order chi connectivity index (χ1) is 9.09. The summed E-state index contributed by atoms with van der Waals surface area (Å²) in [6, 6.07) is -0.549. The summed E-state index contributed by atoms with van der Waals surface area (Å²) in [5.74, 6) is -1.33. The highest BCUT2D eigenvalue weighted by Crippen LogP contribution is 2.08. The van der Waals surface area contributed by atoms with Gasteiger partial charge in [-0.25, -0.2) is 0 Å². The molecule has 1 unspecified atom stereocenters. The molecule has 2 rings (SSSR count). The topological polar surface area (TPSA) is 81.8 Å². The van der Waals surface area contributed by atoms with E-state index in [0.717, 1.165) is 13.0 Å². The van der Waals surface area contributed by atoms with E-state index in [4.69, 9.17) is 0 Å². The molecule has 0 saturated carbocycles. The average Bonchev–Trinajstić information content (AvgIpc) is 2.66. The third-order valence-corrected chi connectivity index (χ3v) is 3.55. The summed E-state index contributed by atoms with van der Waals surface area (Å²) in [6.07, 6.45) is 1.40. The van der Waals surface area contributed by atoms with Crippen molar-refractivity contribution in [1.82, 2.24) is 20.4 Å². The van der Waals surface area contributed by atoms with E-state index in [1.807, 2.05) is 0 Å². The Hall–Kier alpha value is -1.63. The normalized spacial score (nSPS) is 24.3. The third-order valence-electron chi connectivity index (χ3n) is 3.55. The Morgan fingerprint density at radius 2 is 2.05 bits per heavy atom. The molecule has 7 nitrogen and oxygen atoms in total. The number of likely N-dealkylation sites (tertiary alicyclic amines) is 1. The molecule has 0 aliphatic carbocycles. The van der Waals surface area contributed by atoms with E-state index in [9.17, 15) is 14.4 Å². The molecular formula is C12H20N4O3. The maximum absolute atomic E-state index is 12.0. The Labute approximate surface area is 112 Å². The fourth-order valence-corrected chi connectivity index (χ4v) is 2.37. The van der Waals surface area contributed by atoms with Crippen LogP contribution in [-0.4, -0.2) is 73.3 Å². The van der Waals surface area contributed by atoms with Crippen LogP contribution in [0, 0.1) is 0 Å². The van der Waals surface area contributed by atoms with Crippen molar-refractivity contribution < 1.29 is 14.4 Å². The fraction of sp³-hybridized carbons (Fsp3) is 0.750. The molecule has 106 valence electrons. The fourth-order valence-electron chi connectivity index (χ4n) is 2.37. The summed E-state index contributed by atoms with van der Waals surface area (Å²) in [5.41, 5.74) is 0. The first-order valence-electron chi connectivity index (χ1n) is 6.65. The van der Waals surface area contributed by atoms with Gasteiger partial charge in [-0.2, -0.15) is 0 Å². The number of hydrogen-bond donors (Lipinski definition) is 2. The van der Waals surface area contributed by atoms with Crippen molar-refractivity contribution >= 4 is 17.7 Å². The first kappa shape index (κ1) is 13.8. The monoisotopic (exact) mass is 268 g/mol. The van der Waals surface area contributed by atoms with Crippen LogP contribution in [0.25, 0.3) is 0 Å². The van der Waals surface area contributed by atoms with E-state index in [-0.39, 0.29) is 5.91 Å². The van der Waals surface area contributed by atoms with Crippen LogP contribution in [0.15, 0.2) is 0 Å². The Bertz CT molecular complexity index is 377. The molecule has 1 atom stereocenters. The van der Waals surface area contributed by atoms with Crippen molar-refractivity contribution in [2.24, 2.45) is 0 Å². The number of nitrogens with zero attached hydrogens (tertiary/aromatic N) is 2. The number of carbonyl (C=O) groups is 3. The number of likely N-dealkylation sites (N-methyl/N-ethyl adjacent to an activating group) is 1. The molecule has 19 heavy (non-hydrogen) atoms. The lowest BCUT2D eigenvalue weighted by atomic mass is 10.2. The number of hydrogen-bond acceptors (Lipinski definition) is 4. The summed E-state index contributed by atoms with van der Waals surface area (Å²) in [7, 11) is 1.69. The summed E-state index contributed by atoms with van der Waals surface area (Å²) in [6.45, 7) is 3.29. The first-order valence-corrected chi connectivity index (χ1v) is 6.65. The van der Waals surface area contributed by atoms with Crippen LogP contribution >= 0.6 is 0 Å². The molecule has 0 aromatic heterocycles. The second-order valence-corrected chi connectivity index (χ2v) is 4.97. The second-order valence-electron chi connectivity index (χ2n) is 4.97. The molecule has 0 bridgehead atoms. The number of nitrogens with one attached hydrogen (secondary N) is 2. The van der Waals surface area contributed by atoms with E-state index in [0.29, 0.717) is 32.6 Å². The molecule has 3 amide bonds. The molecule has 7 heteroatoms. The summed E-state index contributed by atoms with van der Waals surface area (Å²) < 4.78 is 0. The molecule has 0 radical (unpaired) electrons. The number of amides is 3. The van der Waals surface area contributed by atoms with Crippen LogP contribution < -0.4 is 10.6 Å². The van der Waals surface area contributed by atoms with Crippen molar-refractivity contribution in [3.05, 3.63) is 0 Å². The molecule has 2 fully saturated rings. The van der Waals surface area contributed by atoms with Gasteiger partial charge in [0.25, 0.3) is 0 Å². The minimum Gasteiger partial charge on any atom is -0.344 e. The van der Waals surface area contributed by atoms with Crippen LogP contribution in [0.2, 0.25) is 0 Å². The summed E-state index contributed by atoms with van der Waals surface area (Å²) in [5, 5.41) is 5.71. The maximum Gasteiger partial charge on any atom is 0.311 e.